The minimum atomic E-state index is -1.75. The molecule has 1 rings (SSSR count). The lowest BCUT2D eigenvalue weighted by atomic mass is 9.73. The molecule has 0 unspecified atom stereocenters. The predicted molar refractivity (Wildman–Crippen MR) is 72.5 cm³/mol. The summed E-state index contributed by atoms with van der Waals surface area (Å²) >= 11 is 0. The number of carbonyl (C=O) groups excluding carboxylic acids is 2. The Morgan fingerprint density at radius 2 is 1.84 bits per heavy atom. The Bertz CT molecular complexity index is 467. The summed E-state index contributed by atoms with van der Waals surface area (Å²) in [7, 11) is 0. The molecule has 1 aliphatic carbocycles. The Morgan fingerprint density at radius 1 is 1.32 bits per heavy atom. The first-order valence-corrected chi connectivity index (χ1v) is 6.30. The van der Waals surface area contributed by atoms with Crippen molar-refractivity contribution >= 4 is 11.8 Å². The van der Waals surface area contributed by atoms with E-state index in [1.807, 2.05) is 0 Å². The molecule has 0 aromatic heterocycles. The lowest BCUT2D eigenvalue weighted by Gasteiger charge is -2.38. The molecule has 0 aromatic carbocycles. The van der Waals surface area contributed by atoms with Crippen molar-refractivity contribution in [3.05, 3.63) is 23.3 Å². The minimum Gasteiger partial charge on any atom is -0.454 e. The fourth-order valence-corrected chi connectivity index (χ4v) is 2.59. The third kappa shape index (κ3) is 2.63. The minimum absolute atomic E-state index is 0.433. The Kier molecular flexibility index (Phi) is 4.06. The van der Waals surface area contributed by atoms with E-state index in [0.717, 1.165) is 5.57 Å². The molecule has 106 valence electrons. The van der Waals surface area contributed by atoms with Crippen LogP contribution in [0.4, 0.5) is 0 Å². The van der Waals surface area contributed by atoms with Crippen molar-refractivity contribution in [2.45, 2.75) is 53.2 Å². The third-order valence-corrected chi connectivity index (χ3v) is 3.44. The van der Waals surface area contributed by atoms with Gasteiger partial charge in [0, 0.05) is 12.3 Å². The van der Waals surface area contributed by atoms with Crippen molar-refractivity contribution < 1.29 is 19.4 Å². The molecule has 0 bridgehead atoms. The molecule has 0 spiro atoms. The second-order valence-electron chi connectivity index (χ2n) is 5.95. The molecule has 0 amide bonds. The SMILES string of the molecule is CC(=O)O[C@@H]1C(C)=CC(C)(C)[C@]1(O)C(=O)C=C(C)C. The molecular weight excluding hydrogens is 244 g/mol. The number of ketones is 1. The standard InChI is InChI=1S/C15H22O4/c1-9(2)7-12(17)15(18)13(19-11(4)16)10(3)8-14(15,5)6/h7-8,13,18H,1-6H3/t13-,15+/m1/s1. The number of carbonyl (C=O) groups is 2. The maximum atomic E-state index is 12.4. The van der Waals surface area contributed by atoms with Gasteiger partial charge in [0.2, 0.25) is 0 Å². The monoisotopic (exact) mass is 266 g/mol. The van der Waals surface area contributed by atoms with Crippen LogP contribution in [0, 0.1) is 5.41 Å². The van der Waals surface area contributed by atoms with Crippen LogP contribution in [0.15, 0.2) is 23.3 Å². The van der Waals surface area contributed by atoms with E-state index in [0.29, 0.717) is 5.57 Å². The lowest BCUT2D eigenvalue weighted by Crippen LogP contribution is -2.56. The zero-order valence-electron chi connectivity index (χ0n) is 12.4. The molecule has 0 fully saturated rings. The number of rotatable bonds is 3. The highest BCUT2D eigenvalue weighted by Gasteiger charge is 2.59. The molecule has 0 saturated carbocycles. The van der Waals surface area contributed by atoms with Crippen LogP contribution in [0.3, 0.4) is 0 Å². The van der Waals surface area contributed by atoms with E-state index >= 15 is 0 Å². The number of allylic oxidation sites excluding steroid dienone is 1. The van der Waals surface area contributed by atoms with Crippen molar-refractivity contribution in [1.82, 2.24) is 0 Å². The Hall–Kier alpha value is -1.42. The number of esters is 1. The number of hydrogen-bond donors (Lipinski definition) is 1. The van der Waals surface area contributed by atoms with Gasteiger partial charge in [-0.3, -0.25) is 9.59 Å². The average Bonchev–Trinajstić information content (AvgIpc) is 2.37. The summed E-state index contributed by atoms with van der Waals surface area (Å²) < 4.78 is 5.17. The fraction of sp³-hybridized carbons (Fsp3) is 0.600. The van der Waals surface area contributed by atoms with Crippen LogP contribution >= 0.6 is 0 Å². The molecule has 2 atom stereocenters. The first-order chi connectivity index (χ1) is 8.52. The number of hydrogen-bond acceptors (Lipinski definition) is 4. The Labute approximate surface area is 114 Å². The van der Waals surface area contributed by atoms with Gasteiger partial charge in [0.05, 0.1) is 0 Å². The van der Waals surface area contributed by atoms with Gasteiger partial charge in [-0.25, -0.2) is 0 Å². The predicted octanol–water partition coefficient (Wildman–Crippen LogP) is 2.17. The second-order valence-corrected chi connectivity index (χ2v) is 5.95. The van der Waals surface area contributed by atoms with Gasteiger partial charge < -0.3 is 9.84 Å². The summed E-state index contributed by atoms with van der Waals surface area (Å²) in [6.45, 7) is 10.1. The Balaban J connectivity index is 3.29. The highest BCUT2D eigenvalue weighted by atomic mass is 16.6. The van der Waals surface area contributed by atoms with Crippen LogP contribution in [0.1, 0.15) is 41.5 Å². The molecule has 1 aliphatic rings. The molecular formula is C15H22O4. The van der Waals surface area contributed by atoms with Crippen LogP contribution in [-0.4, -0.2) is 28.6 Å². The third-order valence-electron chi connectivity index (χ3n) is 3.44. The van der Waals surface area contributed by atoms with E-state index in [2.05, 4.69) is 0 Å². The van der Waals surface area contributed by atoms with Gasteiger partial charge in [0.1, 0.15) is 0 Å². The van der Waals surface area contributed by atoms with E-state index in [-0.39, 0.29) is 0 Å². The lowest BCUT2D eigenvalue weighted by molar-refractivity contribution is -0.171. The van der Waals surface area contributed by atoms with Crippen LogP contribution in [0.2, 0.25) is 0 Å². The number of ether oxygens (including phenoxy) is 1. The van der Waals surface area contributed by atoms with Gasteiger partial charge in [-0.05, 0) is 32.4 Å². The largest absolute Gasteiger partial charge is 0.454 e. The zero-order valence-corrected chi connectivity index (χ0v) is 12.4. The summed E-state index contributed by atoms with van der Waals surface area (Å²) in [5, 5.41) is 10.9. The maximum Gasteiger partial charge on any atom is 0.303 e. The average molecular weight is 266 g/mol. The number of aliphatic hydroxyl groups is 1. The van der Waals surface area contributed by atoms with Crippen molar-refractivity contribution in [3.63, 3.8) is 0 Å². The van der Waals surface area contributed by atoms with E-state index in [9.17, 15) is 14.7 Å². The molecule has 4 heteroatoms. The van der Waals surface area contributed by atoms with E-state index in [1.54, 1.807) is 40.7 Å². The van der Waals surface area contributed by atoms with E-state index < -0.39 is 28.9 Å². The quantitative estimate of drug-likeness (QED) is 0.483. The highest BCUT2D eigenvalue weighted by molar-refractivity contribution is 6.00. The fourth-order valence-electron chi connectivity index (χ4n) is 2.59. The maximum absolute atomic E-state index is 12.4. The summed E-state index contributed by atoms with van der Waals surface area (Å²) in [5.74, 6) is -0.948. The second kappa shape index (κ2) is 4.93. The van der Waals surface area contributed by atoms with Gasteiger partial charge in [-0.1, -0.05) is 25.5 Å². The molecule has 19 heavy (non-hydrogen) atoms. The molecule has 1 N–H and O–H groups in total. The molecule has 4 nitrogen and oxygen atoms in total. The molecule has 0 heterocycles. The van der Waals surface area contributed by atoms with Crippen molar-refractivity contribution in [2.75, 3.05) is 0 Å². The molecule has 0 radical (unpaired) electrons. The first kappa shape index (κ1) is 15.6. The topological polar surface area (TPSA) is 63.6 Å². The van der Waals surface area contributed by atoms with E-state index in [4.69, 9.17) is 4.74 Å². The first-order valence-electron chi connectivity index (χ1n) is 6.30. The van der Waals surface area contributed by atoms with Crippen molar-refractivity contribution in [2.24, 2.45) is 5.41 Å². The summed E-state index contributed by atoms with van der Waals surface area (Å²) in [5.41, 5.74) is -1.06. The smallest absolute Gasteiger partial charge is 0.303 e. The van der Waals surface area contributed by atoms with Gasteiger partial charge in [0.15, 0.2) is 17.5 Å². The van der Waals surface area contributed by atoms with Gasteiger partial charge in [0.25, 0.3) is 0 Å². The summed E-state index contributed by atoms with van der Waals surface area (Å²) in [4.78, 5) is 23.6. The normalized spacial score (nSPS) is 28.6. The highest BCUT2D eigenvalue weighted by Crippen LogP contribution is 2.46. The van der Waals surface area contributed by atoms with Crippen LogP contribution in [0.5, 0.6) is 0 Å². The van der Waals surface area contributed by atoms with Gasteiger partial charge in [-0.15, -0.1) is 0 Å². The van der Waals surface area contributed by atoms with Crippen molar-refractivity contribution in [3.8, 4) is 0 Å². The molecule has 0 aliphatic heterocycles. The van der Waals surface area contributed by atoms with E-state index in [1.165, 1.54) is 13.0 Å². The van der Waals surface area contributed by atoms with Gasteiger partial charge >= 0.3 is 5.97 Å². The van der Waals surface area contributed by atoms with Gasteiger partial charge in [-0.2, -0.15) is 0 Å². The zero-order chi connectivity index (χ0) is 15.0. The summed E-state index contributed by atoms with van der Waals surface area (Å²) in [6, 6.07) is 0. The van der Waals surface area contributed by atoms with Crippen LogP contribution in [0.25, 0.3) is 0 Å². The molecule has 0 saturated heterocycles. The van der Waals surface area contributed by atoms with Crippen LogP contribution in [-0.2, 0) is 14.3 Å². The van der Waals surface area contributed by atoms with Crippen LogP contribution < -0.4 is 0 Å². The molecule has 0 aromatic rings. The Morgan fingerprint density at radius 3 is 2.26 bits per heavy atom. The van der Waals surface area contributed by atoms with Crippen molar-refractivity contribution in [1.29, 1.82) is 0 Å². The summed E-state index contributed by atoms with van der Waals surface area (Å²) in [6.07, 6.45) is 2.25.